The molecule has 9 heteroatoms. The van der Waals surface area contributed by atoms with Crippen LogP contribution in [0.2, 0.25) is 0 Å². The van der Waals surface area contributed by atoms with Gasteiger partial charge in [0.1, 0.15) is 6.54 Å². The quantitative estimate of drug-likeness (QED) is 0.937. The van der Waals surface area contributed by atoms with Crippen molar-refractivity contribution in [3.63, 3.8) is 0 Å². The minimum absolute atomic E-state index is 0.00220. The van der Waals surface area contributed by atoms with Crippen molar-refractivity contribution in [2.24, 2.45) is 0 Å². The van der Waals surface area contributed by atoms with Crippen LogP contribution in [0, 0.1) is 0 Å². The summed E-state index contributed by atoms with van der Waals surface area (Å²) < 4.78 is 49.5. The van der Waals surface area contributed by atoms with Crippen LogP contribution in [-0.2, 0) is 17.5 Å². The summed E-state index contributed by atoms with van der Waals surface area (Å²) in [6, 6.07) is 2.53. The molecule has 0 amide bonds. The van der Waals surface area contributed by atoms with E-state index in [1.165, 1.54) is 26.4 Å². The van der Waals surface area contributed by atoms with Crippen LogP contribution < -0.4 is 9.47 Å². The molecule has 1 N–H and O–H groups in total. The van der Waals surface area contributed by atoms with Crippen LogP contribution in [0.4, 0.5) is 13.2 Å². The van der Waals surface area contributed by atoms with Crippen molar-refractivity contribution < 1.29 is 32.5 Å². The number of carboxylic acids is 1. The van der Waals surface area contributed by atoms with Gasteiger partial charge in [-0.05, 0) is 0 Å². The first-order chi connectivity index (χ1) is 9.77. The Morgan fingerprint density at radius 3 is 2.33 bits per heavy atom. The molecule has 0 radical (unpaired) electrons. The topological polar surface area (TPSA) is 73.6 Å². The number of aromatic nitrogens is 2. The normalized spacial score (nSPS) is 11.7. The first-order valence-electron chi connectivity index (χ1n) is 5.69. The number of carbonyl (C=O) groups is 1. The van der Waals surface area contributed by atoms with Gasteiger partial charge >= 0.3 is 12.1 Å². The first kappa shape index (κ1) is 14.9. The van der Waals surface area contributed by atoms with E-state index in [0.29, 0.717) is 4.57 Å². The Hall–Kier alpha value is -2.45. The van der Waals surface area contributed by atoms with E-state index in [-0.39, 0.29) is 22.5 Å². The van der Waals surface area contributed by atoms with Crippen molar-refractivity contribution in [3.8, 4) is 11.5 Å². The number of nitrogens with zero attached hydrogens (tertiary/aromatic N) is 2. The molecule has 0 fully saturated rings. The van der Waals surface area contributed by atoms with Gasteiger partial charge in [0.2, 0.25) is 5.82 Å². The molecule has 0 saturated heterocycles. The zero-order valence-corrected chi connectivity index (χ0v) is 11.1. The molecule has 0 aliphatic rings. The van der Waals surface area contributed by atoms with Crippen molar-refractivity contribution in [2.45, 2.75) is 12.7 Å². The minimum Gasteiger partial charge on any atom is -0.493 e. The second kappa shape index (κ2) is 5.15. The zero-order chi connectivity index (χ0) is 15.8. The van der Waals surface area contributed by atoms with Crippen LogP contribution in [0.1, 0.15) is 5.82 Å². The number of halogens is 3. The van der Waals surface area contributed by atoms with E-state index in [2.05, 4.69) is 4.98 Å². The van der Waals surface area contributed by atoms with Gasteiger partial charge < -0.3 is 19.1 Å². The Bertz CT molecular complexity index is 694. The van der Waals surface area contributed by atoms with Crippen molar-refractivity contribution in [1.82, 2.24) is 9.55 Å². The number of methoxy groups -OCH3 is 2. The summed E-state index contributed by atoms with van der Waals surface area (Å²) in [6.45, 7) is -0.860. The monoisotopic (exact) mass is 304 g/mol. The molecule has 0 atom stereocenters. The highest BCUT2D eigenvalue weighted by Crippen LogP contribution is 2.36. The van der Waals surface area contributed by atoms with Crippen molar-refractivity contribution >= 4 is 17.0 Å². The fraction of sp³-hybridized carbons (Fsp3) is 0.333. The highest BCUT2D eigenvalue weighted by atomic mass is 19.4. The molecule has 0 aliphatic heterocycles. The number of benzene rings is 1. The summed E-state index contributed by atoms with van der Waals surface area (Å²) in [6.07, 6.45) is -4.77. The SMILES string of the molecule is COc1cc2nc(C(F)(F)F)n(CC(=O)O)c2cc1OC. The average Bonchev–Trinajstić information content (AvgIpc) is 2.74. The van der Waals surface area contributed by atoms with E-state index in [9.17, 15) is 18.0 Å². The number of hydrogen-bond acceptors (Lipinski definition) is 4. The number of rotatable bonds is 4. The number of imidazole rings is 1. The lowest BCUT2D eigenvalue weighted by Gasteiger charge is -2.10. The number of fused-ring (bicyclic) bond motifs is 1. The molecule has 0 aliphatic carbocycles. The highest BCUT2D eigenvalue weighted by Gasteiger charge is 2.38. The van der Waals surface area contributed by atoms with Crippen LogP contribution in [0.3, 0.4) is 0 Å². The first-order valence-corrected chi connectivity index (χ1v) is 5.69. The van der Waals surface area contributed by atoms with Crippen molar-refractivity contribution in [1.29, 1.82) is 0 Å². The molecule has 0 saturated carbocycles. The Kier molecular flexibility index (Phi) is 3.67. The molecule has 2 rings (SSSR count). The van der Waals surface area contributed by atoms with Crippen LogP contribution in [0.25, 0.3) is 11.0 Å². The molecule has 1 heterocycles. The maximum Gasteiger partial charge on any atom is 0.449 e. The molecule has 114 valence electrons. The van der Waals surface area contributed by atoms with Gasteiger partial charge in [-0.2, -0.15) is 13.2 Å². The number of hydrogen-bond donors (Lipinski definition) is 1. The third kappa shape index (κ3) is 2.71. The van der Waals surface area contributed by atoms with Gasteiger partial charge in [0.15, 0.2) is 11.5 Å². The Morgan fingerprint density at radius 1 is 1.29 bits per heavy atom. The summed E-state index contributed by atoms with van der Waals surface area (Å²) in [4.78, 5) is 14.3. The van der Waals surface area contributed by atoms with Crippen molar-refractivity contribution in [3.05, 3.63) is 18.0 Å². The molecule has 0 unspecified atom stereocenters. The Morgan fingerprint density at radius 2 is 1.86 bits per heavy atom. The molecule has 21 heavy (non-hydrogen) atoms. The number of ether oxygens (including phenoxy) is 2. The van der Waals surface area contributed by atoms with E-state index in [0.717, 1.165) is 0 Å². The van der Waals surface area contributed by atoms with E-state index in [1.807, 2.05) is 0 Å². The van der Waals surface area contributed by atoms with Crippen LogP contribution >= 0.6 is 0 Å². The summed E-state index contributed by atoms with van der Waals surface area (Å²) >= 11 is 0. The van der Waals surface area contributed by atoms with Gasteiger partial charge in [-0.15, -0.1) is 0 Å². The summed E-state index contributed by atoms with van der Waals surface area (Å²) in [7, 11) is 2.66. The Balaban J connectivity index is 2.77. The standard InChI is InChI=1S/C12H11F3N2O4/c1-20-8-3-6-7(4-9(8)21-2)17(5-10(18)19)11(16-6)12(13,14)15/h3-4H,5H2,1-2H3,(H,18,19). The largest absolute Gasteiger partial charge is 0.493 e. The Labute approximate surface area is 116 Å². The molecular weight excluding hydrogens is 293 g/mol. The summed E-state index contributed by atoms with van der Waals surface area (Å²) in [5.74, 6) is -2.30. The third-order valence-electron chi connectivity index (χ3n) is 2.80. The number of carboxylic acid groups (broad SMARTS) is 1. The zero-order valence-electron chi connectivity index (χ0n) is 11.1. The van der Waals surface area contributed by atoms with Gasteiger partial charge in [-0.3, -0.25) is 4.79 Å². The van der Waals surface area contributed by atoms with Crippen LogP contribution in [0.5, 0.6) is 11.5 Å². The highest BCUT2D eigenvalue weighted by molar-refractivity contribution is 5.82. The third-order valence-corrected chi connectivity index (χ3v) is 2.80. The number of alkyl halides is 3. The maximum atomic E-state index is 13.0. The van der Waals surface area contributed by atoms with Gasteiger partial charge in [-0.25, -0.2) is 4.98 Å². The lowest BCUT2D eigenvalue weighted by atomic mass is 10.2. The average molecular weight is 304 g/mol. The van der Waals surface area contributed by atoms with Gasteiger partial charge in [0.25, 0.3) is 0 Å². The lowest BCUT2D eigenvalue weighted by molar-refractivity contribution is -0.148. The second-order valence-corrected chi connectivity index (χ2v) is 4.11. The van der Waals surface area contributed by atoms with Crippen LogP contribution in [0.15, 0.2) is 12.1 Å². The predicted octanol–water partition coefficient (Wildman–Crippen LogP) is 2.16. The molecule has 6 nitrogen and oxygen atoms in total. The summed E-state index contributed by atoms with van der Waals surface area (Å²) in [5.41, 5.74) is -0.0244. The number of aliphatic carboxylic acids is 1. The molecule has 2 aromatic rings. The fourth-order valence-electron chi connectivity index (χ4n) is 1.96. The van der Waals surface area contributed by atoms with Gasteiger partial charge in [-0.1, -0.05) is 0 Å². The lowest BCUT2D eigenvalue weighted by Crippen LogP contribution is -2.18. The smallest absolute Gasteiger partial charge is 0.449 e. The summed E-state index contributed by atoms with van der Waals surface area (Å²) in [5, 5.41) is 8.79. The van der Waals surface area contributed by atoms with Gasteiger partial charge in [0, 0.05) is 12.1 Å². The molecule has 0 bridgehead atoms. The minimum atomic E-state index is -4.77. The van der Waals surface area contributed by atoms with E-state index < -0.39 is 24.5 Å². The molecule has 0 spiro atoms. The molecular formula is C12H11F3N2O4. The van der Waals surface area contributed by atoms with Crippen molar-refractivity contribution in [2.75, 3.05) is 14.2 Å². The fourth-order valence-corrected chi connectivity index (χ4v) is 1.96. The maximum absolute atomic E-state index is 13.0. The van der Waals surface area contributed by atoms with E-state index >= 15 is 0 Å². The second-order valence-electron chi connectivity index (χ2n) is 4.11. The predicted molar refractivity (Wildman–Crippen MR) is 65.5 cm³/mol. The molecule has 1 aromatic carbocycles. The van der Waals surface area contributed by atoms with E-state index in [1.54, 1.807) is 0 Å². The van der Waals surface area contributed by atoms with Crippen LogP contribution in [-0.4, -0.2) is 34.8 Å². The van der Waals surface area contributed by atoms with Gasteiger partial charge in [0.05, 0.1) is 25.3 Å². The molecule has 1 aromatic heterocycles. The van der Waals surface area contributed by atoms with E-state index in [4.69, 9.17) is 14.6 Å².